The van der Waals surface area contributed by atoms with Gasteiger partial charge in [-0.3, -0.25) is 0 Å². The molecule has 2 aromatic heterocycles. The molecule has 382 valence electrons. The standard InChI is InChI=1S/C66H49BN6S6/c1-7-19-43(20-8-1)37-74-55-31-49-50(32-56(55)75-38-44-21-9-2-10-22-44)62-69-64-53-35-59(78-41-47-27-15-5-16-28-47)60(79-42-48-29-17-6-18-30-48)36-54(53)66-70-65-52-34-58(77-40-46-25-13-4-14-26-46)57(76-39-45-23-11-3-12-24-45)33-51(52)63-68-61(49)71(62)67(72(63)65)73(64)66/h1-36,61H,37-42H2. The van der Waals surface area contributed by atoms with Crippen LogP contribution >= 0.6 is 70.6 Å². The number of hydrogen-bond acceptors (Lipinski definition) is 10. The molecule has 0 saturated heterocycles. The summed E-state index contributed by atoms with van der Waals surface area (Å²) in [5.41, 5.74) is 12.1. The van der Waals surface area contributed by atoms with E-state index in [-0.39, 0.29) is 13.3 Å². The van der Waals surface area contributed by atoms with Crippen molar-refractivity contribution in [3.05, 3.63) is 274 Å². The fourth-order valence-corrected chi connectivity index (χ4v) is 17.7. The quantitative estimate of drug-likeness (QED) is 0.0627. The molecule has 0 saturated carbocycles. The molecule has 4 aliphatic heterocycles. The van der Waals surface area contributed by atoms with Gasteiger partial charge in [0, 0.05) is 96.6 Å². The molecule has 6 heterocycles. The van der Waals surface area contributed by atoms with Crippen LogP contribution < -0.4 is 11.0 Å². The number of nitrogens with zero attached hydrogens (tertiary/aromatic N) is 6. The first-order valence-electron chi connectivity index (χ1n) is 26.6. The summed E-state index contributed by atoms with van der Waals surface area (Å²) in [6, 6.07) is 79.7. The van der Waals surface area contributed by atoms with Crippen molar-refractivity contribution in [2.75, 3.05) is 0 Å². The second-order valence-corrected chi connectivity index (χ2v) is 26.2. The SMILES string of the molecule is c1ccc(CSc2cc3c(cc2SCc2ccccc2)C2N=c4c5cc(SCc6ccccc6)c(SCc6ccccc6)cc5c5n4B4N2C3=Nc2c3cc(SCc6ccccc6)c(SCc6ccccc6)cc3c(n24)N=5)cc1. The van der Waals surface area contributed by atoms with Crippen molar-refractivity contribution in [1.82, 2.24) is 13.8 Å². The van der Waals surface area contributed by atoms with Crippen LogP contribution in [0.2, 0.25) is 0 Å². The molecule has 9 aromatic carbocycles. The molecule has 79 heavy (non-hydrogen) atoms. The first-order chi connectivity index (χ1) is 39.1. The second kappa shape index (κ2) is 21.4. The van der Waals surface area contributed by atoms with Gasteiger partial charge in [0.05, 0.1) is 0 Å². The number of benzene rings is 9. The molecule has 0 bridgehead atoms. The van der Waals surface area contributed by atoms with Crippen molar-refractivity contribution in [3.63, 3.8) is 0 Å². The Hall–Kier alpha value is -6.71. The van der Waals surface area contributed by atoms with E-state index in [2.05, 4.69) is 232 Å². The zero-order chi connectivity index (χ0) is 52.2. The van der Waals surface area contributed by atoms with Crippen molar-refractivity contribution in [3.8, 4) is 0 Å². The summed E-state index contributed by atoms with van der Waals surface area (Å²) in [7, 11) is -0.280. The minimum atomic E-state index is -0.299. The smallest absolute Gasteiger partial charge is 0.334 e. The highest BCUT2D eigenvalue weighted by Crippen LogP contribution is 2.52. The largest absolute Gasteiger partial charge is 0.522 e. The first-order valence-corrected chi connectivity index (χ1v) is 32.5. The Kier molecular flexibility index (Phi) is 13.4. The molecule has 1 unspecified atom stereocenters. The third-order valence-electron chi connectivity index (χ3n) is 15.0. The van der Waals surface area contributed by atoms with E-state index in [4.69, 9.17) is 15.0 Å². The molecule has 0 fully saturated rings. The van der Waals surface area contributed by atoms with Crippen LogP contribution in [0, 0.1) is 0 Å². The summed E-state index contributed by atoms with van der Waals surface area (Å²) < 4.78 is 4.89. The highest BCUT2D eigenvalue weighted by molar-refractivity contribution is 8.02. The van der Waals surface area contributed by atoms with E-state index in [1.54, 1.807) is 0 Å². The predicted molar refractivity (Wildman–Crippen MR) is 336 cm³/mol. The van der Waals surface area contributed by atoms with E-state index < -0.39 is 0 Å². The zero-order valence-corrected chi connectivity index (χ0v) is 47.7. The van der Waals surface area contributed by atoms with E-state index >= 15 is 0 Å². The van der Waals surface area contributed by atoms with Crippen molar-refractivity contribution >= 4 is 117 Å². The highest BCUT2D eigenvalue weighted by Gasteiger charge is 2.53. The summed E-state index contributed by atoms with van der Waals surface area (Å²) in [6.07, 6.45) is -0.299. The molecule has 1 atom stereocenters. The van der Waals surface area contributed by atoms with Gasteiger partial charge in [0.25, 0.3) is 0 Å². The molecule has 0 amide bonds. The van der Waals surface area contributed by atoms with Gasteiger partial charge in [-0.2, -0.15) is 0 Å². The Morgan fingerprint density at radius 2 is 0.671 bits per heavy atom. The maximum atomic E-state index is 5.93. The fourth-order valence-electron chi connectivity index (χ4n) is 11.1. The third-order valence-corrected chi connectivity index (χ3v) is 22.1. The maximum Gasteiger partial charge on any atom is 0.522 e. The number of hydrogen-bond donors (Lipinski definition) is 0. The molecule has 0 aliphatic carbocycles. The van der Waals surface area contributed by atoms with Gasteiger partial charge in [0.2, 0.25) is 0 Å². The summed E-state index contributed by atoms with van der Waals surface area (Å²) in [5, 5.41) is 4.52. The molecule has 0 N–H and O–H groups in total. The van der Waals surface area contributed by atoms with E-state index in [1.165, 1.54) is 68.3 Å². The molecule has 15 rings (SSSR count). The third kappa shape index (κ3) is 9.36. The molecular weight excluding hydrogens is 1080 g/mol. The minimum Gasteiger partial charge on any atom is -0.334 e. The van der Waals surface area contributed by atoms with E-state index in [9.17, 15) is 0 Å². The van der Waals surface area contributed by atoms with E-state index in [0.717, 1.165) is 90.1 Å². The zero-order valence-electron chi connectivity index (χ0n) is 42.8. The first kappa shape index (κ1) is 49.3. The van der Waals surface area contributed by atoms with Gasteiger partial charge in [0.1, 0.15) is 34.6 Å². The highest BCUT2D eigenvalue weighted by atomic mass is 32.2. The van der Waals surface area contributed by atoms with Gasteiger partial charge in [0.15, 0.2) is 0 Å². The number of thioether (sulfide) groups is 6. The molecule has 4 aliphatic rings. The second-order valence-electron chi connectivity index (χ2n) is 20.1. The topological polar surface area (TPSA) is 50.2 Å². The lowest BCUT2D eigenvalue weighted by molar-refractivity contribution is 0.442. The van der Waals surface area contributed by atoms with Crippen molar-refractivity contribution < 1.29 is 0 Å². The van der Waals surface area contributed by atoms with Crippen molar-refractivity contribution in [2.45, 2.75) is 70.1 Å². The maximum absolute atomic E-state index is 5.93. The average Bonchev–Trinajstić information content (AvgIpc) is 3.17. The van der Waals surface area contributed by atoms with Crippen LogP contribution in [-0.2, 0) is 34.5 Å². The Labute approximate surface area is 485 Å². The Balaban J connectivity index is 0.953. The lowest BCUT2D eigenvalue weighted by Crippen LogP contribution is -2.63. The van der Waals surface area contributed by atoms with Gasteiger partial charge in [-0.25, -0.2) is 15.0 Å². The minimum absolute atomic E-state index is 0.280. The van der Waals surface area contributed by atoms with Gasteiger partial charge in [-0.1, -0.05) is 182 Å². The van der Waals surface area contributed by atoms with Crippen LogP contribution in [0.5, 0.6) is 0 Å². The molecule has 0 spiro atoms. The number of aromatic nitrogens is 2. The number of fused-ring (bicyclic) bond motifs is 9. The van der Waals surface area contributed by atoms with Crippen LogP contribution in [-0.4, -0.2) is 26.7 Å². The van der Waals surface area contributed by atoms with E-state index in [1.807, 2.05) is 70.6 Å². The number of amidine groups is 1. The van der Waals surface area contributed by atoms with E-state index in [0.29, 0.717) is 0 Å². The van der Waals surface area contributed by atoms with Crippen molar-refractivity contribution in [2.24, 2.45) is 15.0 Å². The summed E-state index contributed by atoms with van der Waals surface area (Å²) >= 11 is 11.5. The number of rotatable bonds is 18. The van der Waals surface area contributed by atoms with Gasteiger partial charge in [-0.15, -0.1) is 70.6 Å². The normalized spacial score (nSPS) is 14.3. The van der Waals surface area contributed by atoms with Crippen LogP contribution in [0.4, 0.5) is 11.6 Å². The molecular formula is C66H49BN6S6. The monoisotopic (exact) mass is 1130 g/mol. The molecule has 0 radical (unpaired) electrons. The predicted octanol–water partition coefficient (Wildman–Crippen LogP) is 17.0. The lowest BCUT2D eigenvalue weighted by atomic mass is 9.85. The molecule has 13 heteroatoms. The fraction of sp³-hybridized carbons (Fsp3) is 0.106. The summed E-state index contributed by atoms with van der Waals surface area (Å²) in [6.45, 7) is 0. The number of aliphatic imine (C=N–C) groups is 1. The van der Waals surface area contributed by atoms with Crippen LogP contribution in [0.25, 0.3) is 21.5 Å². The summed E-state index contributed by atoms with van der Waals surface area (Å²) in [5.74, 6) is 8.09. The van der Waals surface area contributed by atoms with Crippen LogP contribution in [0.3, 0.4) is 0 Å². The summed E-state index contributed by atoms with van der Waals surface area (Å²) in [4.78, 5) is 27.7. The van der Waals surface area contributed by atoms with Crippen molar-refractivity contribution in [1.29, 1.82) is 0 Å². The van der Waals surface area contributed by atoms with Gasteiger partial charge in [-0.05, 0) is 69.8 Å². The molecule has 11 aromatic rings. The Bertz CT molecular complexity index is 4280. The Morgan fingerprint density at radius 1 is 0.342 bits per heavy atom. The lowest BCUT2D eigenvalue weighted by Gasteiger charge is -2.39. The van der Waals surface area contributed by atoms with Gasteiger partial charge >= 0.3 is 7.12 Å². The van der Waals surface area contributed by atoms with Gasteiger partial charge < -0.3 is 13.8 Å². The molecule has 6 nitrogen and oxygen atoms in total. The Morgan fingerprint density at radius 3 is 1.06 bits per heavy atom. The average molecular weight is 1130 g/mol. The van der Waals surface area contributed by atoms with Crippen LogP contribution in [0.15, 0.2) is 263 Å². The van der Waals surface area contributed by atoms with Crippen LogP contribution in [0.1, 0.15) is 50.7 Å².